The highest BCUT2D eigenvalue weighted by Crippen LogP contribution is 2.41. The van der Waals surface area contributed by atoms with E-state index >= 15 is 0 Å². The summed E-state index contributed by atoms with van der Waals surface area (Å²) in [7, 11) is -0.755. The first-order valence-electron chi connectivity index (χ1n) is 23.6. The number of carbonyl (C=O) groups excluding carboxylic acids is 3. The second-order valence-corrected chi connectivity index (χ2v) is 24.5. The van der Waals surface area contributed by atoms with Crippen LogP contribution in [0.5, 0.6) is 11.5 Å². The number of amides is 3. The van der Waals surface area contributed by atoms with Gasteiger partial charge in [-0.2, -0.15) is 0 Å². The third-order valence-electron chi connectivity index (χ3n) is 13.5. The minimum atomic E-state index is -2.30. The van der Waals surface area contributed by atoms with Gasteiger partial charge in [-0.3, -0.25) is 20.2 Å². The van der Waals surface area contributed by atoms with Gasteiger partial charge in [-0.15, -0.1) is 0 Å². The van der Waals surface area contributed by atoms with Gasteiger partial charge in [0.25, 0.3) is 0 Å². The van der Waals surface area contributed by atoms with Crippen molar-refractivity contribution in [2.24, 2.45) is 5.92 Å². The summed E-state index contributed by atoms with van der Waals surface area (Å²) in [5, 5.41) is 20.7. The second kappa shape index (κ2) is 22.7. The molecule has 2 aliphatic heterocycles. The number of rotatable bonds is 17. The van der Waals surface area contributed by atoms with Crippen molar-refractivity contribution in [3.63, 3.8) is 0 Å². The number of anilines is 2. The number of para-hydroxylation sites is 1. The zero-order chi connectivity index (χ0) is 49.3. The average Bonchev–Trinajstić information content (AvgIpc) is 3.81. The first-order valence-corrected chi connectivity index (χ1v) is 26.9. The molecule has 0 saturated carbocycles. The number of H-pyrrole nitrogens is 1. The molecule has 368 valence electrons. The van der Waals surface area contributed by atoms with E-state index in [0.29, 0.717) is 85.0 Å². The van der Waals surface area contributed by atoms with E-state index < -0.39 is 26.6 Å². The number of methoxy groups -OCH3 is 1. The van der Waals surface area contributed by atoms with Gasteiger partial charge in [-0.05, 0) is 72.8 Å². The van der Waals surface area contributed by atoms with Gasteiger partial charge in [0.1, 0.15) is 17.6 Å². The van der Waals surface area contributed by atoms with E-state index in [0.717, 1.165) is 41.8 Å². The highest BCUT2D eigenvalue weighted by Gasteiger charge is 2.40. The van der Waals surface area contributed by atoms with Crippen LogP contribution in [0.4, 0.5) is 21.0 Å². The maximum absolute atomic E-state index is 13.2. The molecule has 0 unspecified atom stereocenters. The van der Waals surface area contributed by atoms with Crippen molar-refractivity contribution in [3.8, 4) is 22.6 Å². The molecule has 0 aliphatic carbocycles. The van der Waals surface area contributed by atoms with E-state index in [1.165, 1.54) is 6.07 Å². The molecule has 5 aromatic rings. The fraction of sp³-hybridized carbons (Fsp3) is 0.423. The van der Waals surface area contributed by atoms with Crippen LogP contribution in [0.15, 0.2) is 95.8 Å². The molecule has 2 fully saturated rings. The lowest BCUT2D eigenvalue weighted by atomic mass is 10.0. The molecule has 0 spiro atoms. The second-order valence-electron chi connectivity index (χ2n) is 19.4. The summed E-state index contributed by atoms with van der Waals surface area (Å²) < 4.78 is 24.1. The summed E-state index contributed by atoms with van der Waals surface area (Å²) in [6.45, 7) is 14.9. The van der Waals surface area contributed by atoms with Crippen molar-refractivity contribution in [2.75, 3.05) is 63.6 Å². The van der Waals surface area contributed by atoms with Gasteiger partial charge in [0.2, 0.25) is 11.5 Å². The number of piperidine rings is 1. The number of fused-ring (bicyclic) bond motifs is 1. The number of phenolic OH excluding ortho intramolecular Hbond substituents is 1. The van der Waals surface area contributed by atoms with Crippen molar-refractivity contribution >= 4 is 60.3 Å². The quantitative estimate of drug-likeness (QED) is 0.0559. The van der Waals surface area contributed by atoms with E-state index in [1.54, 1.807) is 31.4 Å². The highest BCUT2D eigenvalue weighted by atomic mass is 35.5. The van der Waals surface area contributed by atoms with Gasteiger partial charge in [0, 0.05) is 86.8 Å². The Labute approximate surface area is 409 Å². The fourth-order valence-electron chi connectivity index (χ4n) is 8.59. The average molecular weight is 982 g/mol. The summed E-state index contributed by atoms with van der Waals surface area (Å²) in [6.07, 6.45) is 0.721. The number of carbonyl (C=O) groups is 3. The molecule has 5 N–H and O–H groups in total. The monoisotopic (exact) mass is 980 g/mol. The number of benzene rings is 4. The molecule has 2 aliphatic rings. The number of pyridine rings is 1. The van der Waals surface area contributed by atoms with Gasteiger partial charge in [0.05, 0.1) is 41.7 Å². The molecule has 0 bridgehead atoms. The van der Waals surface area contributed by atoms with Gasteiger partial charge < -0.3 is 43.8 Å². The Morgan fingerprint density at radius 3 is 2.36 bits per heavy atom. The minimum Gasteiger partial charge on any atom is -0.506 e. The molecule has 69 heavy (non-hydrogen) atoms. The van der Waals surface area contributed by atoms with Gasteiger partial charge in [0.15, 0.2) is 8.32 Å². The number of phenols is 1. The van der Waals surface area contributed by atoms with Crippen LogP contribution in [0.25, 0.3) is 22.0 Å². The topological polar surface area (TPSA) is 184 Å². The van der Waals surface area contributed by atoms with Gasteiger partial charge in [-0.1, -0.05) is 87.0 Å². The number of ether oxygens (including phenoxy) is 3. The fourth-order valence-corrected chi connectivity index (χ4v) is 10.1. The Balaban J connectivity index is 0.838. The Hall–Kier alpha value is -5.91. The Kier molecular flexibility index (Phi) is 16.7. The lowest BCUT2D eigenvalue weighted by Gasteiger charge is -2.39. The number of aromatic nitrogens is 1. The van der Waals surface area contributed by atoms with Gasteiger partial charge >= 0.3 is 12.2 Å². The molecule has 2 atom stereocenters. The van der Waals surface area contributed by atoms with Crippen molar-refractivity contribution < 1.29 is 38.1 Å². The molecular formula is C52H65ClN6O9Si. The van der Waals surface area contributed by atoms with Crippen LogP contribution in [0.1, 0.15) is 63.7 Å². The summed E-state index contributed by atoms with van der Waals surface area (Å²) in [5.74, 6) is 0.552. The molecular weight excluding hydrogens is 916 g/mol. The summed E-state index contributed by atoms with van der Waals surface area (Å²) in [5.41, 5.74) is 4.59. The maximum Gasteiger partial charge on any atom is 0.411 e. The van der Waals surface area contributed by atoms with Crippen molar-refractivity contribution in [1.82, 2.24) is 20.1 Å². The number of aromatic amines is 1. The Morgan fingerprint density at radius 1 is 0.899 bits per heavy atom. The lowest BCUT2D eigenvalue weighted by Crippen LogP contribution is -2.43. The zero-order valence-corrected chi connectivity index (χ0v) is 42.1. The van der Waals surface area contributed by atoms with Crippen LogP contribution < -0.4 is 26.2 Å². The largest absolute Gasteiger partial charge is 0.506 e. The van der Waals surface area contributed by atoms with E-state index in [9.17, 15) is 24.3 Å². The van der Waals surface area contributed by atoms with E-state index in [4.69, 9.17) is 30.2 Å². The molecule has 3 heterocycles. The predicted octanol–water partition coefficient (Wildman–Crippen LogP) is 9.92. The lowest BCUT2D eigenvalue weighted by molar-refractivity contribution is -0.130. The number of likely N-dealkylation sites (tertiary alicyclic amines) is 2. The molecule has 1 aromatic heterocycles. The van der Waals surface area contributed by atoms with Gasteiger partial charge in [-0.25, -0.2) is 9.59 Å². The van der Waals surface area contributed by atoms with Crippen molar-refractivity contribution in [3.05, 3.63) is 117 Å². The van der Waals surface area contributed by atoms with Crippen LogP contribution in [-0.2, 0) is 25.2 Å². The maximum atomic E-state index is 13.2. The Bertz CT molecular complexity index is 2650. The number of hydrogen-bond acceptors (Lipinski definition) is 11. The van der Waals surface area contributed by atoms with E-state index in [1.807, 2.05) is 65.6 Å². The predicted molar refractivity (Wildman–Crippen MR) is 273 cm³/mol. The molecule has 15 nitrogen and oxygen atoms in total. The van der Waals surface area contributed by atoms with E-state index in [2.05, 4.69) is 59.7 Å². The van der Waals surface area contributed by atoms with Crippen LogP contribution in [-0.4, -0.2) is 105 Å². The molecule has 4 aromatic carbocycles. The standard InChI is InChI=1S/C52H65ClN6O9Si/c1-52(2,3)69(5,6)68-46(39-16-18-44(60)49-40(39)17-19-47(61)57-49)31-54-30-36-28-41(53)43(29-45(36)65-4)56-50(63)66-33-34-20-27-59(32-34)48(62)23-26-58-24-21-37(22-25-58)67-51(64)55-42-15-11-10-14-38(42)35-12-8-7-9-13-35/h7-19,28-29,34,37,46,54,60H,20-27,30-33H2,1-6H3,(H,55,64)(H,56,63)(H,57,61)/t34-,46+/m1/s1. The Morgan fingerprint density at radius 2 is 1.62 bits per heavy atom. The smallest absolute Gasteiger partial charge is 0.411 e. The molecule has 7 rings (SSSR count). The van der Waals surface area contributed by atoms with E-state index in [-0.39, 0.29) is 40.9 Å². The summed E-state index contributed by atoms with van der Waals surface area (Å²) in [6, 6.07) is 27.5. The first-order chi connectivity index (χ1) is 33.0. The highest BCUT2D eigenvalue weighted by molar-refractivity contribution is 6.74. The minimum absolute atomic E-state index is 0.00292. The molecule has 0 radical (unpaired) electrons. The first kappa shape index (κ1) is 51.0. The number of aromatic hydroxyl groups is 1. The third kappa shape index (κ3) is 13.2. The zero-order valence-electron chi connectivity index (χ0n) is 40.4. The third-order valence-corrected chi connectivity index (χ3v) is 18.3. The number of hydrogen-bond donors (Lipinski definition) is 5. The van der Waals surface area contributed by atoms with Crippen LogP contribution >= 0.6 is 11.6 Å². The van der Waals surface area contributed by atoms with Crippen molar-refractivity contribution in [2.45, 2.75) is 83.3 Å². The van der Waals surface area contributed by atoms with Crippen LogP contribution in [0.3, 0.4) is 0 Å². The molecule has 3 amide bonds. The number of halogens is 1. The normalized spacial score (nSPS) is 16.3. The SMILES string of the molecule is COc1cc(NC(=O)OC[C@@H]2CCN(C(=O)CCN3CCC(OC(=O)Nc4ccccc4-c4ccccc4)CC3)C2)c(Cl)cc1CNC[C@H](O[Si](C)(C)C(C)(C)C)c1ccc(O)c2[nH]c(=O)ccc12. The number of nitrogens with zero attached hydrogens (tertiary/aromatic N) is 2. The summed E-state index contributed by atoms with van der Waals surface area (Å²) in [4.78, 5) is 58.1. The number of nitrogens with one attached hydrogen (secondary N) is 4. The molecule has 17 heteroatoms. The molecule has 2 saturated heterocycles. The van der Waals surface area contributed by atoms with Crippen molar-refractivity contribution in [1.29, 1.82) is 0 Å². The van der Waals surface area contributed by atoms with Crippen LogP contribution in [0, 0.1) is 5.92 Å². The summed E-state index contributed by atoms with van der Waals surface area (Å²) >= 11 is 6.72. The van der Waals surface area contributed by atoms with Crippen LogP contribution in [0.2, 0.25) is 23.2 Å².